The number of benzene rings is 1. The molecule has 0 aromatic heterocycles. The Morgan fingerprint density at radius 2 is 1.70 bits per heavy atom. The number of nitrogens with one attached hydrogen (secondary N) is 1. The summed E-state index contributed by atoms with van der Waals surface area (Å²) in [6.07, 6.45) is 0. The van der Waals surface area contributed by atoms with Gasteiger partial charge in [0.25, 0.3) is 5.91 Å². The predicted molar refractivity (Wildman–Crippen MR) is 73.4 cm³/mol. The van der Waals surface area contributed by atoms with E-state index in [0.717, 1.165) is 11.1 Å². The molecule has 1 N–H and O–H groups in total. The first kappa shape index (κ1) is 14.5. The minimum absolute atomic E-state index is 0.452. The van der Waals surface area contributed by atoms with Crippen molar-refractivity contribution in [3.05, 3.63) is 35.4 Å². The van der Waals surface area contributed by atoms with Crippen molar-refractivity contribution >= 4 is 11.9 Å². The molecule has 1 amide bonds. The Balaban J connectivity index is 2.01. The second kappa shape index (κ2) is 5.25. The SMILES string of the molecule is CC(C)(C)OC(=O)C([NH])C(=O)N1Cc2ccccc2C1. The smallest absolute Gasteiger partial charge is 0.334 e. The van der Waals surface area contributed by atoms with E-state index < -0.39 is 23.5 Å². The second-order valence-corrected chi connectivity index (χ2v) is 5.93. The summed E-state index contributed by atoms with van der Waals surface area (Å²) in [5.74, 6) is -1.30. The van der Waals surface area contributed by atoms with Crippen LogP contribution in [0.3, 0.4) is 0 Å². The highest BCUT2D eigenvalue weighted by atomic mass is 16.6. The molecule has 1 radical (unpaired) electrons. The van der Waals surface area contributed by atoms with Gasteiger partial charge in [-0.1, -0.05) is 24.3 Å². The molecule has 1 heterocycles. The molecule has 2 rings (SSSR count). The molecule has 1 aromatic rings. The lowest BCUT2D eigenvalue weighted by Crippen LogP contribution is -2.44. The van der Waals surface area contributed by atoms with E-state index in [2.05, 4.69) is 0 Å². The highest BCUT2D eigenvalue weighted by molar-refractivity contribution is 6.01. The van der Waals surface area contributed by atoms with Crippen LogP contribution in [-0.2, 0) is 27.4 Å². The van der Waals surface area contributed by atoms with E-state index in [1.54, 1.807) is 20.8 Å². The van der Waals surface area contributed by atoms with E-state index in [1.807, 2.05) is 24.3 Å². The Labute approximate surface area is 118 Å². The first-order valence-corrected chi connectivity index (χ1v) is 6.57. The van der Waals surface area contributed by atoms with Crippen molar-refractivity contribution in [2.45, 2.75) is 45.5 Å². The van der Waals surface area contributed by atoms with Gasteiger partial charge in [0.2, 0.25) is 0 Å². The molecule has 1 aromatic carbocycles. The Morgan fingerprint density at radius 3 is 2.15 bits per heavy atom. The zero-order chi connectivity index (χ0) is 14.9. The summed E-state index contributed by atoms with van der Waals surface area (Å²) >= 11 is 0. The van der Waals surface area contributed by atoms with Crippen LogP contribution in [0.25, 0.3) is 0 Å². The van der Waals surface area contributed by atoms with Crippen molar-refractivity contribution in [1.29, 1.82) is 0 Å². The fourth-order valence-electron chi connectivity index (χ4n) is 2.13. The molecule has 5 nitrogen and oxygen atoms in total. The Kier molecular flexibility index (Phi) is 3.81. The van der Waals surface area contributed by atoms with Gasteiger partial charge >= 0.3 is 5.97 Å². The van der Waals surface area contributed by atoms with Crippen LogP contribution in [-0.4, -0.2) is 28.4 Å². The molecule has 0 saturated heterocycles. The molecule has 107 valence electrons. The highest BCUT2D eigenvalue weighted by Gasteiger charge is 2.34. The number of ether oxygens (including phenoxy) is 1. The lowest BCUT2D eigenvalue weighted by Gasteiger charge is -2.23. The van der Waals surface area contributed by atoms with Gasteiger partial charge < -0.3 is 9.64 Å². The van der Waals surface area contributed by atoms with Crippen molar-refractivity contribution in [2.24, 2.45) is 0 Å². The van der Waals surface area contributed by atoms with E-state index in [9.17, 15) is 9.59 Å². The first-order valence-electron chi connectivity index (χ1n) is 6.57. The third-order valence-electron chi connectivity index (χ3n) is 3.04. The zero-order valence-electron chi connectivity index (χ0n) is 12.0. The predicted octanol–water partition coefficient (Wildman–Crippen LogP) is 1.52. The first-order chi connectivity index (χ1) is 9.28. The third-order valence-corrected chi connectivity index (χ3v) is 3.04. The average Bonchev–Trinajstić information content (AvgIpc) is 2.78. The van der Waals surface area contributed by atoms with Gasteiger partial charge in [0, 0.05) is 13.1 Å². The summed E-state index contributed by atoms with van der Waals surface area (Å²) in [7, 11) is 0. The number of carbonyl (C=O) groups is 2. The second-order valence-electron chi connectivity index (χ2n) is 5.93. The van der Waals surface area contributed by atoms with Gasteiger partial charge in [0.1, 0.15) is 5.60 Å². The molecule has 0 spiro atoms. The van der Waals surface area contributed by atoms with Crippen LogP contribution in [0.15, 0.2) is 24.3 Å². The topological polar surface area (TPSA) is 70.4 Å². The van der Waals surface area contributed by atoms with Crippen LogP contribution in [0.1, 0.15) is 31.9 Å². The highest BCUT2D eigenvalue weighted by Crippen LogP contribution is 2.23. The number of rotatable bonds is 2. The summed E-state index contributed by atoms with van der Waals surface area (Å²) in [5, 5.41) is 0. The van der Waals surface area contributed by atoms with Gasteiger partial charge in [-0.05, 0) is 31.9 Å². The van der Waals surface area contributed by atoms with Crippen LogP contribution in [0.4, 0.5) is 0 Å². The molecule has 1 aliphatic rings. The number of hydrogen-bond donors (Lipinski definition) is 0. The Bertz CT molecular complexity index is 509. The maximum atomic E-state index is 12.2. The minimum Gasteiger partial charge on any atom is -0.458 e. The van der Waals surface area contributed by atoms with Gasteiger partial charge in [0.05, 0.1) is 0 Å². The monoisotopic (exact) mass is 275 g/mol. The van der Waals surface area contributed by atoms with Crippen LogP contribution in [0.5, 0.6) is 0 Å². The zero-order valence-corrected chi connectivity index (χ0v) is 12.0. The largest absolute Gasteiger partial charge is 0.458 e. The Morgan fingerprint density at radius 1 is 1.20 bits per heavy atom. The van der Waals surface area contributed by atoms with Crippen LogP contribution in [0.2, 0.25) is 0 Å². The number of nitrogens with zero attached hydrogens (tertiary/aromatic N) is 1. The summed E-state index contributed by atoms with van der Waals surface area (Å²) in [6, 6.07) is 6.23. The van der Waals surface area contributed by atoms with Crippen molar-refractivity contribution in [1.82, 2.24) is 10.6 Å². The average molecular weight is 275 g/mol. The quantitative estimate of drug-likeness (QED) is 0.607. The van der Waals surface area contributed by atoms with E-state index in [4.69, 9.17) is 10.5 Å². The van der Waals surface area contributed by atoms with Gasteiger partial charge in [-0.3, -0.25) is 4.79 Å². The van der Waals surface area contributed by atoms with Crippen molar-refractivity contribution in [2.75, 3.05) is 0 Å². The van der Waals surface area contributed by atoms with Gasteiger partial charge in [-0.25, -0.2) is 10.5 Å². The fraction of sp³-hybridized carbons (Fsp3) is 0.467. The van der Waals surface area contributed by atoms with Crippen LogP contribution in [0, 0.1) is 0 Å². The van der Waals surface area contributed by atoms with E-state index in [0.29, 0.717) is 13.1 Å². The lowest BCUT2D eigenvalue weighted by molar-refractivity contribution is -0.160. The van der Waals surface area contributed by atoms with E-state index >= 15 is 0 Å². The van der Waals surface area contributed by atoms with Gasteiger partial charge in [0.15, 0.2) is 6.04 Å². The normalized spacial score (nSPS) is 15.7. The summed E-state index contributed by atoms with van der Waals surface area (Å²) in [4.78, 5) is 25.5. The van der Waals surface area contributed by atoms with Crippen molar-refractivity contribution in [3.8, 4) is 0 Å². The third kappa shape index (κ3) is 3.17. The van der Waals surface area contributed by atoms with E-state index in [1.165, 1.54) is 4.90 Å². The molecule has 0 aliphatic carbocycles. The van der Waals surface area contributed by atoms with Crippen molar-refractivity contribution in [3.63, 3.8) is 0 Å². The number of hydrogen-bond acceptors (Lipinski definition) is 3. The molecule has 1 atom stereocenters. The fourth-order valence-corrected chi connectivity index (χ4v) is 2.13. The number of carbonyl (C=O) groups excluding carboxylic acids is 2. The lowest BCUT2D eigenvalue weighted by atomic mass is 10.1. The number of fused-ring (bicyclic) bond motifs is 1. The van der Waals surface area contributed by atoms with Crippen molar-refractivity contribution < 1.29 is 14.3 Å². The molecular formula is C15H19N2O3. The summed E-state index contributed by atoms with van der Waals surface area (Å²) < 4.78 is 5.08. The Hall–Kier alpha value is -1.88. The standard InChI is InChI=1S/C15H19N2O3/c1-15(2,3)20-14(19)12(16)13(18)17-8-10-6-4-5-7-11(10)9-17/h4-7,12,16H,8-9H2,1-3H3. The summed E-state index contributed by atoms with van der Waals surface area (Å²) in [5.41, 5.74) is 9.21. The molecular weight excluding hydrogens is 256 g/mol. The maximum absolute atomic E-state index is 12.2. The van der Waals surface area contributed by atoms with E-state index in [-0.39, 0.29) is 0 Å². The number of esters is 1. The van der Waals surface area contributed by atoms with Crippen LogP contribution < -0.4 is 5.73 Å². The maximum Gasteiger partial charge on any atom is 0.334 e. The molecule has 0 bridgehead atoms. The van der Waals surface area contributed by atoms with Gasteiger partial charge in [-0.2, -0.15) is 0 Å². The molecule has 0 saturated carbocycles. The molecule has 0 fully saturated rings. The molecule has 5 heteroatoms. The molecule has 20 heavy (non-hydrogen) atoms. The van der Waals surface area contributed by atoms with Crippen LogP contribution >= 0.6 is 0 Å². The van der Waals surface area contributed by atoms with Gasteiger partial charge in [-0.15, -0.1) is 0 Å². The minimum atomic E-state index is -1.51. The number of amides is 1. The molecule has 1 aliphatic heterocycles. The summed E-state index contributed by atoms with van der Waals surface area (Å²) in [6.45, 7) is 6.05. The molecule has 1 unspecified atom stereocenters.